The molecule has 0 saturated carbocycles. The third-order valence-corrected chi connectivity index (χ3v) is 6.78. The molecule has 0 N–H and O–H groups in total. The van der Waals surface area contributed by atoms with E-state index >= 15 is 0 Å². The average Bonchev–Trinajstić information content (AvgIpc) is 3.35. The minimum absolute atomic E-state index is 0.113. The first-order valence-corrected chi connectivity index (χ1v) is 11.3. The van der Waals surface area contributed by atoms with Gasteiger partial charge in [-0.1, -0.05) is 25.3 Å². The Hall–Kier alpha value is -2.54. The average molecular weight is 427 g/mol. The smallest absolute Gasteiger partial charge is 0.306 e. The minimum atomic E-state index is -0.578. The molecule has 5 rings (SSSR count). The summed E-state index contributed by atoms with van der Waals surface area (Å²) in [4.78, 5) is 27.0. The molecule has 0 spiro atoms. The molecular formula is C24H29NO6. The molecule has 7 heteroatoms. The summed E-state index contributed by atoms with van der Waals surface area (Å²) in [6, 6.07) is 4.21. The zero-order valence-electron chi connectivity index (χ0n) is 18.1. The van der Waals surface area contributed by atoms with Crippen LogP contribution < -0.4 is 9.47 Å². The van der Waals surface area contributed by atoms with E-state index in [1.165, 1.54) is 12.5 Å². The second-order valence-corrected chi connectivity index (χ2v) is 8.82. The number of rotatable bonds is 6. The number of carbonyl (C=O) groups is 2. The fourth-order valence-electron chi connectivity index (χ4n) is 5.48. The van der Waals surface area contributed by atoms with Crippen LogP contribution in [0, 0.1) is 0 Å². The van der Waals surface area contributed by atoms with Crippen LogP contribution in [0.5, 0.6) is 11.5 Å². The quantitative estimate of drug-likeness (QED) is 0.391. The lowest BCUT2D eigenvalue weighted by atomic mass is 9.73. The highest BCUT2D eigenvalue weighted by atomic mass is 16.7. The maximum Gasteiger partial charge on any atom is 0.306 e. The van der Waals surface area contributed by atoms with Crippen LogP contribution >= 0.6 is 0 Å². The van der Waals surface area contributed by atoms with E-state index in [0.29, 0.717) is 6.42 Å². The molecule has 1 aliphatic carbocycles. The highest BCUT2D eigenvalue weighted by Crippen LogP contribution is 2.50. The molecule has 1 fully saturated rings. The van der Waals surface area contributed by atoms with E-state index in [0.717, 1.165) is 61.4 Å². The van der Waals surface area contributed by atoms with Gasteiger partial charge in [-0.05, 0) is 42.2 Å². The first-order chi connectivity index (χ1) is 15.0. The van der Waals surface area contributed by atoms with Gasteiger partial charge in [-0.25, -0.2) is 0 Å². The molecule has 0 amide bonds. The van der Waals surface area contributed by atoms with Crippen molar-refractivity contribution in [3.05, 3.63) is 34.9 Å². The third-order valence-electron chi connectivity index (χ3n) is 6.78. The predicted molar refractivity (Wildman–Crippen MR) is 112 cm³/mol. The summed E-state index contributed by atoms with van der Waals surface area (Å²) in [7, 11) is 0. The minimum Gasteiger partial charge on any atom is -0.458 e. The molecule has 4 atom stereocenters. The Bertz CT molecular complexity index is 925. The van der Waals surface area contributed by atoms with E-state index in [9.17, 15) is 9.59 Å². The molecular weight excluding hydrogens is 398 g/mol. The van der Waals surface area contributed by atoms with E-state index in [2.05, 4.69) is 11.8 Å². The van der Waals surface area contributed by atoms with Crippen LogP contribution in [-0.2, 0) is 25.6 Å². The molecule has 1 aromatic carbocycles. The zero-order chi connectivity index (χ0) is 21.5. The summed E-state index contributed by atoms with van der Waals surface area (Å²) in [6.07, 6.45) is 5.05. The number of unbranched alkanes of at least 4 members (excludes halogenated alkanes) is 2. The van der Waals surface area contributed by atoms with Crippen molar-refractivity contribution in [3.63, 3.8) is 0 Å². The van der Waals surface area contributed by atoms with Crippen molar-refractivity contribution in [1.82, 2.24) is 4.90 Å². The lowest BCUT2D eigenvalue weighted by Crippen LogP contribution is -2.52. The van der Waals surface area contributed by atoms with Gasteiger partial charge < -0.3 is 18.9 Å². The van der Waals surface area contributed by atoms with Gasteiger partial charge in [-0.3, -0.25) is 14.5 Å². The Morgan fingerprint density at radius 3 is 2.74 bits per heavy atom. The van der Waals surface area contributed by atoms with Crippen LogP contribution in [0.2, 0.25) is 0 Å². The highest BCUT2D eigenvalue weighted by Gasteiger charge is 2.52. The van der Waals surface area contributed by atoms with E-state index < -0.39 is 12.2 Å². The molecule has 4 aliphatic rings. The van der Waals surface area contributed by atoms with Crippen molar-refractivity contribution < 1.29 is 28.5 Å². The normalized spacial score (nSPS) is 27.9. The van der Waals surface area contributed by atoms with Crippen molar-refractivity contribution >= 4 is 11.9 Å². The first-order valence-electron chi connectivity index (χ1n) is 11.3. The molecule has 0 unspecified atom stereocenters. The molecule has 0 radical (unpaired) electrons. The fourth-order valence-corrected chi connectivity index (χ4v) is 5.48. The number of nitrogens with zero attached hydrogens (tertiary/aromatic N) is 1. The van der Waals surface area contributed by atoms with Gasteiger partial charge in [0.25, 0.3) is 0 Å². The summed E-state index contributed by atoms with van der Waals surface area (Å²) >= 11 is 0. The SMILES string of the molecule is CCCCCC(=O)O[C@H]1C=C2CCN3Cc4cc5c(cc4[C@H]([C@@H]1OC(C)=O)[C@@H]23)OCO5. The summed E-state index contributed by atoms with van der Waals surface area (Å²) < 4.78 is 23.0. The van der Waals surface area contributed by atoms with Crippen LogP contribution in [-0.4, -0.2) is 48.4 Å². The number of ether oxygens (including phenoxy) is 4. The number of hydrogen-bond acceptors (Lipinski definition) is 7. The van der Waals surface area contributed by atoms with Gasteiger partial charge in [0.15, 0.2) is 23.7 Å². The molecule has 1 aromatic rings. The molecule has 31 heavy (non-hydrogen) atoms. The molecule has 0 aromatic heterocycles. The van der Waals surface area contributed by atoms with Gasteiger partial charge in [-0.15, -0.1) is 0 Å². The summed E-state index contributed by atoms with van der Waals surface area (Å²) in [6.45, 7) is 5.48. The van der Waals surface area contributed by atoms with Crippen molar-refractivity contribution in [3.8, 4) is 11.5 Å². The fraction of sp³-hybridized carbons (Fsp3) is 0.583. The van der Waals surface area contributed by atoms with Crippen molar-refractivity contribution in [2.45, 2.75) is 76.7 Å². The monoisotopic (exact) mass is 427 g/mol. The van der Waals surface area contributed by atoms with Gasteiger partial charge in [-0.2, -0.15) is 0 Å². The van der Waals surface area contributed by atoms with E-state index in [1.54, 1.807) is 0 Å². The van der Waals surface area contributed by atoms with E-state index in [1.807, 2.05) is 18.2 Å². The maximum atomic E-state index is 12.5. The Morgan fingerprint density at radius 1 is 1.16 bits per heavy atom. The number of hydrogen-bond donors (Lipinski definition) is 0. The summed E-state index contributed by atoms with van der Waals surface area (Å²) in [5, 5.41) is 0. The highest BCUT2D eigenvalue weighted by molar-refractivity contribution is 5.70. The Morgan fingerprint density at radius 2 is 1.97 bits per heavy atom. The first kappa shape index (κ1) is 20.4. The second-order valence-electron chi connectivity index (χ2n) is 8.82. The molecule has 1 saturated heterocycles. The second kappa shape index (κ2) is 8.19. The van der Waals surface area contributed by atoms with Crippen molar-refractivity contribution in [1.29, 1.82) is 0 Å². The van der Waals surface area contributed by atoms with Gasteiger partial charge >= 0.3 is 11.9 Å². The van der Waals surface area contributed by atoms with Gasteiger partial charge in [0, 0.05) is 38.4 Å². The Balaban J connectivity index is 1.51. The van der Waals surface area contributed by atoms with E-state index in [-0.39, 0.29) is 30.7 Å². The van der Waals surface area contributed by atoms with Crippen LogP contribution in [0.1, 0.15) is 63.0 Å². The Kier molecular flexibility index (Phi) is 5.38. The molecule has 7 nitrogen and oxygen atoms in total. The standard InChI is InChI=1S/C24H29NO6/c1-3-4-5-6-21(27)31-20-9-15-7-8-25-12-16-10-18-19(29-13-28-18)11-17(16)22(23(15)25)24(20)30-14(2)26/h9-11,20,22-24H,3-8,12-13H2,1-2H3/t20-,22-,23+,24+/m0/s1. The lowest BCUT2D eigenvalue weighted by molar-refractivity contribution is -0.167. The van der Waals surface area contributed by atoms with Crippen molar-refractivity contribution in [2.24, 2.45) is 0 Å². The summed E-state index contributed by atoms with van der Waals surface area (Å²) in [5.41, 5.74) is 3.51. The van der Waals surface area contributed by atoms with Crippen LogP contribution in [0.4, 0.5) is 0 Å². The largest absolute Gasteiger partial charge is 0.458 e. The zero-order valence-corrected chi connectivity index (χ0v) is 18.1. The topological polar surface area (TPSA) is 74.3 Å². The molecule has 0 bridgehead atoms. The molecule has 3 aliphatic heterocycles. The number of esters is 2. The van der Waals surface area contributed by atoms with Gasteiger partial charge in [0.1, 0.15) is 0 Å². The van der Waals surface area contributed by atoms with Crippen LogP contribution in [0.3, 0.4) is 0 Å². The number of carbonyl (C=O) groups excluding carboxylic acids is 2. The predicted octanol–water partition coefficient (Wildman–Crippen LogP) is 3.45. The van der Waals surface area contributed by atoms with Crippen LogP contribution in [0.15, 0.2) is 23.8 Å². The van der Waals surface area contributed by atoms with Gasteiger partial charge in [0.2, 0.25) is 6.79 Å². The summed E-state index contributed by atoms with van der Waals surface area (Å²) in [5.74, 6) is 0.758. The molecule has 166 valence electrons. The van der Waals surface area contributed by atoms with Gasteiger partial charge in [0.05, 0.1) is 0 Å². The number of benzene rings is 1. The maximum absolute atomic E-state index is 12.5. The Labute approximate surface area is 182 Å². The van der Waals surface area contributed by atoms with Crippen LogP contribution in [0.25, 0.3) is 0 Å². The van der Waals surface area contributed by atoms with E-state index in [4.69, 9.17) is 18.9 Å². The van der Waals surface area contributed by atoms with Crippen molar-refractivity contribution in [2.75, 3.05) is 13.3 Å². The molecule has 3 heterocycles. The number of fused-ring (bicyclic) bond motifs is 3. The third kappa shape index (κ3) is 3.69. The lowest BCUT2D eigenvalue weighted by Gasteiger charge is -2.46.